The summed E-state index contributed by atoms with van der Waals surface area (Å²) in [6, 6.07) is 4.38. The van der Waals surface area contributed by atoms with Gasteiger partial charge in [-0.1, -0.05) is 13.0 Å². The first-order valence-corrected chi connectivity index (χ1v) is 4.59. The van der Waals surface area contributed by atoms with Crippen molar-refractivity contribution in [2.24, 2.45) is 0 Å². The lowest BCUT2D eigenvalue weighted by molar-refractivity contribution is -0.134. The van der Waals surface area contributed by atoms with Crippen LogP contribution < -0.4 is 4.74 Å². The SMILES string of the molecule is CCC(=O)Oc1c(F)cccc1Br. The number of hydrogen-bond donors (Lipinski definition) is 0. The number of carbonyl (C=O) groups excluding carboxylic acids is 1. The summed E-state index contributed by atoms with van der Waals surface area (Å²) in [5.74, 6) is -1.05. The summed E-state index contributed by atoms with van der Waals surface area (Å²) in [5, 5.41) is 0. The highest BCUT2D eigenvalue weighted by atomic mass is 79.9. The normalized spacial score (nSPS) is 9.77. The molecule has 0 amide bonds. The van der Waals surface area contributed by atoms with Crippen LogP contribution in [0.2, 0.25) is 0 Å². The third-order valence-electron chi connectivity index (χ3n) is 1.42. The number of esters is 1. The second-order valence-electron chi connectivity index (χ2n) is 2.38. The number of carbonyl (C=O) groups is 1. The summed E-state index contributed by atoms with van der Waals surface area (Å²) >= 11 is 3.09. The first-order chi connectivity index (χ1) is 6.15. The molecule has 0 bridgehead atoms. The van der Waals surface area contributed by atoms with Crippen molar-refractivity contribution in [3.05, 3.63) is 28.5 Å². The lowest BCUT2D eigenvalue weighted by Crippen LogP contribution is -2.07. The van der Waals surface area contributed by atoms with E-state index in [4.69, 9.17) is 4.74 Å². The summed E-state index contributed by atoms with van der Waals surface area (Å²) in [6.07, 6.45) is 0.223. The predicted octanol–water partition coefficient (Wildman–Crippen LogP) is 2.90. The van der Waals surface area contributed by atoms with Crippen LogP contribution >= 0.6 is 15.9 Å². The maximum Gasteiger partial charge on any atom is 0.311 e. The molecular weight excluding hydrogens is 239 g/mol. The van der Waals surface area contributed by atoms with E-state index in [0.717, 1.165) is 0 Å². The van der Waals surface area contributed by atoms with Gasteiger partial charge >= 0.3 is 5.97 Å². The fourth-order valence-electron chi connectivity index (χ4n) is 0.766. The largest absolute Gasteiger partial charge is 0.422 e. The highest BCUT2D eigenvalue weighted by molar-refractivity contribution is 9.10. The number of halogens is 2. The maximum absolute atomic E-state index is 13.0. The second kappa shape index (κ2) is 4.37. The van der Waals surface area contributed by atoms with Crippen molar-refractivity contribution in [1.29, 1.82) is 0 Å². The Morgan fingerprint density at radius 2 is 2.31 bits per heavy atom. The van der Waals surface area contributed by atoms with Crippen LogP contribution in [0.1, 0.15) is 13.3 Å². The van der Waals surface area contributed by atoms with Crippen LogP contribution in [-0.4, -0.2) is 5.97 Å². The standard InChI is InChI=1S/C9H8BrFO2/c1-2-8(12)13-9-6(10)4-3-5-7(9)11/h3-5H,2H2,1H3. The Balaban J connectivity index is 2.93. The van der Waals surface area contributed by atoms with Gasteiger partial charge in [0.25, 0.3) is 0 Å². The van der Waals surface area contributed by atoms with Gasteiger partial charge in [-0.25, -0.2) is 4.39 Å². The maximum atomic E-state index is 13.0. The monoisotopic (exact) mass is 246 g/mol. The van der Waals surface area contributed by atoms with Gasteiger partial charge < -0.3 is 4.74 Å². The Morgan fingerprint density at radius 1 is 1.62 bits per heavy atom. The van der Waals surface area contributed by atoms with Crippen molar-refractivity contribution in [1.82, 2.24) is 0 Å². The summed E-state index contributed by atoms with van der Waals surface area (Å²) in [4.78, 5) is 10.9. The zero-order valence-electron chi connectivity index (χ0n) is 7.01. The Morgan fingerprint density at radius 3 is 2.85 bits per heavy atom. The highest BCUT2D eigenvalue weighted by Gasteiger charge is 2.10. The molecule has 0 unspecified atom stereocenters. The molecule has 4 heteroatoms. The van der Waals surface area contributed by atoms with E-state index in [1.54, 1.807) is 13.0 Å². The molecule has 0 aliphatic heterocycles. The minimum Gasteiger partial charge on any atom is -0.422 e. The summed E-state index contributed by atoms with van der Waals surface area (Å²) in [5.41, 5.74) is 0. The van der Waals surface area contributed by atoms with Crippen molar-refractivity contribution >= 4 is 21.9 Å². The molecule has 13 heavy (non-hydrogen) atoms. The molecule has 1 rings (SSSR count). The fourth-order valence-corrected chi connectivity index (χ4v) is 1.19. The van der Waals surface area contributed by atoms with Crippen LogP contribution in [0.15, 0.2) is 22.7 Å². The molecular formula is C9H8BrFO2. The van der Waals surface area contributed by atoms with E-state index < -0.39 is 11.8 Å². The predicted molar refractivity (Wildman–Crippen MR) is 50.0 cm³/mol. The summed E-state index contributed by atoms with van der Waals surface area (Å²) < 4.78 is 18.2. The lowest BCUT2D eigenvalue weighted by Gasteiger charge is -2.05. The van der Waals surface area contributed by atoms with Crippen molar-refractivity contribution in [3.63, 3.8) is 0 Å². The van der Waals surface area contributed by atoms with E-state index in [0.29, 0.717) is 4.47 Å². The molecule has 0 aromatic heterocycles. The number of ether oxygens (including phenoxy) is 1. The van der Waals surface area contributed by atoms with Crippen LogP contribution in [0.5, 0.6) is 5.75 Å². The smallest absolute Gasteiger partial charge is 0.311 e. The van der Waals surface area contributed by atoms with E-state index >= 15 is 0 Å². The molecule has 2 nitrogen and oxygen atoms in total. The first kappa shape index (κ1) is 10.2. The molecule has 1 aromatic rings. The molecule has 0 aliphatic carbocycles. The van der Waals surface area contributed by atoms with Crippen LogP contribution in [0, 0.1) is 5.82 Å². The third kappa shape index (κ3) is 2.52. The first-order valence-electron chi connectivity index (χ1n) is 3.80. The Hall–Kier alpha value is -0.900. The van der Waals surface area contributed by atoms with Crippen molar-refractivity contribution in [2.45, 2.75) is 13.3 Å². The molecule has 0 heterocycles. The van der Waals surface area contributed by atoms with Crippen LogP contribution in [0.25, 0.3) is 0 Å². The molecule has 0 aliphatic rings. The Labute approximate surface area is 83.8 Å². The molecule has 0 spiro atoms. The van der Waals surface area contributed by atoms with Gasteiger partial charge in [0.1, 0.15) is 0 Å². The zero-order chi connectivity index (χ0) is 9.84. The van der Waals surface area contributed by atoms with Gasteiger partial charge in [-0.05, 0) is 28.1 Å². The number of rotatable bonds is 2. The average Bonchev–Trinajstić information content (AvgIpc) is 2.11. The van der Waals surface area contributed by atoms with Crippen LogP contribution in [0.3, 0.4) is 0 Å². The van der Waals surface area contributed by atoms with E-state index in [9.17, 15) is 9.18 Å². The molecule has 0 fully saturated rings. The van der Waals surface area contributed by atoms with Crippen molar-refractivity contribution < 1.29 is 13.9 Å². The van der Waals surface area contributed by atoms with Gasteiger partial charge in [-0.15, -0.1) is 0 Å². The van der Waals surface area contributed by atoms with Crippen molar-refractivity contribution in [2.75, 3.05) is 0 Å². The highest BCUT2D eigenvalue weighted by Crippen LogP contribution is 2.27. The van der Waals surface area contributed by atoms with Crippen molar-refractivity contribution in [3.8, 4) is 5.75 Å². The van der Waals surface area contributed by atoms with Gasteiger partial charge in [0, 0.05) is 6.42 Å². The molecule has 0 saturated carbocycles. The minimum atomic E-state index is -0.545. The lowest BCUT2D eigenvalue weighted by atomic mass is 10.3. The van der Waals surface area contributed by atoms with E-state index in [2.05, 4.69) is 15.9 Å². The minimum absolute atomic E-state index is 0.0469. The summed E-state index contributed by atoms with van der Waals surface area (Å²) in [6.45, 7) is 1.65. The Kier molecular flexibility index (Phi) is 3.42. The van der Waals surface area contributed by atoms with Gasteiger partial charge in [0.2, 0.25) is 0 Å². The molecule has 0 atom stereocenters. The molecule has 0 N–H and O–H groups in total. The number of para-hydroxylation sites is 1. The Bertz CT molecular complexity index is 305. The molecule has 70 valence electrons. The molecule has 0 saturated heterocycles. The van der Waals surface area contributed by atoms with Gasteiger partial charge in [0.15, 0.2) is 11.6 Å². The van der Waals surface area contributed by atoms with E-state index in [1.165, 1.54) is 12.1 Å². The summed E-state index contributed by atoms with van der Waals surface area (Å²) in [7, 11) is 0. The number of hydrogen-bond acceptors (Lipinski definition) is 2. The average molecular weight is 247 g/mol. The number of benzene rings is 1. The molecule has 1 aromatic carbocycles. The van der Waals surface area contributed by atoms with E-state index in [-0.39, 0.29) is 12.2 Å². The fraction of sp³-hybridized carbons (Fsp3) is 0.222. The van der Waals surface area contributed by atoms with Crippen LogP contribution in [-0.2, 0) is 4.79 Å². The van der Waals surface area contributed by atoms with Crippen LogP contribution in [0.4, 0.5) is 4.39 Å². The second-order valence-corrected chi connectivity index (χ2v) is 3.23. The zero-order valence-corrected chi connectivity index (χ0v) is 8.60. The quantitative estimate of drug-likeness (QED) is 0.593. The van der Waals surface area contributed by atoms with E-state index in [1.807, 2.05) is 0 Å². The molecule has 0 radical (unpaired) electrons. The third-order valence-corrected chi connectivity index (χ3v) is 2.05. The topological polar surface area (TPSA) is 26.3 Å². The van der Waals surface area contributed by atoms with Gasteiger partial charge in [-0.2, -0.15) is 0 Å². The van der Waals surface area contributed by atoms with Gasteiger partial charge in [0.05, 0.1) is 4.47 Å². The van der Waals surface area contributed by atoms with Gasteiger partial charge in [-0.3, -0.25) is 4.79 Å².